The highest BCUT2D eigenvalue weighted by Crippen LogP contribution is 2.32. The molecule has 9 nitrogen and oxygen atoms in total. The monoisotopic (exact) mass is 510 g/mol. The number of carbonyl (C=O) groups excluding carboxylic acids is 3. The molecule has 0 saturated carbocycles. The highest BCUT2D eigenvalue weighted by atomic mass is 32.2. The van der Waals surface area contributed by atoms with Gasteiger partial charge in [0.25, 0.3) is 11.1 Å². The minimum Gasteiger partial charge on any atom is -0.326 e. The summed E-state index contributed by atoms with van der Waals surface area (Å²) in [4.78, 5) is 39.2. The Morgan fingerprint density at radius 2 is 1.62 bits per heavy atom. The number of benzene rings is 3. The fourth-order valence-corrected chi connectivity index (χ4v) is 4.72. The molecule has 3 amide bonds. The molecule has 1 aliphatic rings. The molecule has 3 aromatic carbocycles. The second-order valence-corrected chi connectivity index (χ2v) is 9.28. The first-order valence-corrected chi connectivity index (χ1v) is 12.4. The zero-order valence-electron chi connectivity index (χ0n) is 19.6. The van der Waals surface area contributed by atoms with Crippen LogP contribution in [0.25, 0.3) is 28.6 Å². The average Bonchev–Trinajstić information content (AvgIpc) is 3.55. The number of hydrogen-bond acceptors (Lipinski definition) is 7. The third-order valence-electron chi connectivity index (χ3n) is 5.75. The molecule has 0 bridgehead atoms. The topological polar surface area (TPSA) is 121 Å². The summed E-state index contributed by atoms with van der Waals surface area (Å²) in [6.07, 6.45) is 2.27. The second kappa shape index (κ2) is 11.0. The van der Waals surface area contributed by atoms with Crippen molar-refractivity contribution in [3.8, 4) is 22.5 Å². The molecule has 37 heavy (non-hydrogen) atoms. The van der Waals surface area contributed by atoms with Crippen LogP contribution in [-0.2, 0) is 9.59 Å². The van der Waals surface area contributed by atoms with Crippen LogP contribution in [0, 0.1) is 0 Å². The number of nitrogens with zero attached hydrogens (tertiary/aromatic N) is 4. The SMILES string of the molecule is O=C(CCCN1C(=O)S/C(=C\c2ccc(-c3ccccc3)cc2)C1=O)Nc1ccc(-c2nn[nH]n2)cc1. The number of aromatic amines is 1. The fourth-order valence-electron chi connectivity index (χ4n) is 3.85. The Balaban J connectivity index is 1.12. The number of nitrogens with one attached hydrogen (secondary N) is 2. The number of hydrogen-bond donors (Lipinski definition) is 2. The first kappa shape index (κ1) is 24.1. The third-order valence-corrected chi connectivity index (χ3v) is 6.65. The molecule has 1 fully saturated rings. The molecule has 184 valence electrons. The van der Waals surface area contributed by atoms with E-state index in [4.69, 9.17) is 0 Å². The minimum absolute atomic E-state index is 0.175. The van der Waals surface area contributed by atoms with Crippen molar-refractivity contribution >= 4 is 40.6 Å². The van der Waals surface area contributed by atoms with Crippen LogP contribution in [-0.4, -0.2) is 49.1 Å². The van der Waals surface area contributed by atoms with Gasteiger partial charge in [0.2, 0.25) is 11.7 Å². The molecule has 5 rings (SSSR count). The van der Waals surface area contributed by atoms with Gasteiger partial charge in [-0.25, -0.2) is 0 Å². The number of carbonyl (C=O) groups is 3. The summed E-state index contributed by atoms with van der Waals surface area (Å²) in [7, 11) is 0. The Hall–Kier alpha value is -4.57. The predicted octanol–water partition coefficient (Wildman–Crippen LogP) is 4.99. The van der Waals surface area contributed by atoms with E-state index in [1.54, 1.807) is 30.3 Å². The van der Waals surface area contributed by atoms with Crippen molar-refractivity contribution in [2.45, 2.75) is 12.8 Å². The lowest BCUT2D eigenvalue weighted by atomic mass is 10.0. The Kier molecular flexibility index (Phi) is 7.18. The van der Waals surface area contributed by atoms with Crippen LogP contribution in [0.2, 0.25) is 0 Å². The van der Waals surface area contributed by atoms with Gasteiger partial charge in [-0.15, -0.1) is 10.2 Å². The molecular formula is C27H22N6O3S. The number of anilines is 1. The highest BCUT2D eigenvalue weighted by molar-refractivity contribution is 8.18. The molecule has 10 heteroatoms. The van der Waals surface area contributed by atoms with Crippen molar-refractivity contribution in [2.24, 2.45) is 0 Å². The van der Waals surface area contributed by atoms with Gasteiger partial charge in [0.05, 0.1) is 4.91 Å². The van der Waals surface area contributed by atoms with E-state index in [-0.39, 0.29) is 30.0 Å². The summed E-state index contributed by atoms with van der Waals surface area (Å²) in [6.45, 7) is 0.180. The van der Waals surface area contributed by atoms with Gasteiger partial charge >= 0.3 is 0 Å². The quantitative estimate of drug-likeness (QED) is 0.320. The van der Waals surface area contributed by atoms with E-state index < -0.39 is 0 Å². The zero-order valence-corrected chi connectivity index (χ0v) is 20.4. The van der Waals surface area contributed by atoms with Gasteiger partial charge in [-0.3, -0.25) is 19.3 Å². The molecule has 0 radical (unpaired) electrons. The summed E-state index contributed by atoms with van der Waals surface area (Å²) in [5, 5.41) is 16.2. The zero-order chi connectivity index (χ0) is 25.6. The first-order valence-electron chi connectivity index (χ1n) is 11.6. The number of thioether (sulfide) groups is 1. The van der Waals surface area contributed by atoms with E-state index in [0.29, 0.717) is 22.8 Å². The van der Waals surface area contributed by atoms with E-state index in [1.807, 2.05) is 54.6 Å². The number of H-pyrrole nitrogens is 1. The molecule has 1 aromatic heterocycles. The Morgan fingerprint density at radius 3 is 2.32 bits per heavy atom. The average molecular weight is 511 g/mol. The van der Waals surface area contributed by atoms with E-state index in [2.05, 4.69) is 25.9 Å². The van der Waals surface area contributed by atoms with E-state index in [1.165, 1.54) is 4.90 Å². The third kappa shape index (κ3) is 5.81. The fraction of sp³-hybridized carbons (Fsp3) is 0.111. The van der Waals surface area contributed by atoms with Crippen molar-refractivity contribution in [1.82, 2.24) is 25.5 Å². The second-order valence-electron chi connectivity index (χ2n) is 8.29. The molecule has 0 atom stereocenters. The Labute approximate surface area is 217 Å². The maximum atomic E-state index is 12.8. The van der Waals surface area contributed by atoms with Crippen molar-refractivity contribution < 1.29 is 14.4 Å². The molecule has 1 saturated heterocycles. The van der Waals surface area contributed by atoms with Crippen molar-refractivity contribution in [2.75, 3.05) is 11.9 Å². The van der Waals surface area contributed by atoms with Crippen molar-refractivity contribution in [1.29, 1.82) is 0 Å². The molecule has 2 heterocycles. The largest absolute Gasteiger partial charge is 0.326 e. The summed E-state index contributed by atoms with van der Waals surface area (Å²) >= 11 is 0.920. The Morgan fingerprint density at radius 1 is 0.919 bits per heavy atom. The summed E-state index contributed by atoms with van der Waals surface area (Å²) in [6, 6.07) is 24.9. The number of tetrazole rings is 1. The van der Waals surface area contributed by atoms with Crippen LogP contribution in [0.5, 0.6) is 0 Å². The van der Waals surface area contributed by atoms with Crippen LogP contribution in [0.4, 0.5) is 10.5 Å². The molecule has 0 spiro atoms. The van der Waals surface area contributed by atoms with E-state index >= 15 is 0 Å². The number of imide groups is 1. The van der Waals surface area contributed by atoms with Gasteiger partial charge in [0.15, 0.2) is 0 Å². The van der Waals surface area contributed by atoms with Crippen LogP contribution in [0.15, 0.2) is 83.8 Å². The maximum Gasteiger partial charge on any atom is 0.293 e. The highest BCUT2D eigenvalue weighted by Gasteiger charge is 2.34. The standard InChI is InChI=1S/C27H22N6O3S/c34-24(28-22-14-12-21(13-15-22)25-29-31-32-30-25)7-4-16-33-26(35)23(37-27(33)36)17-18-8-10-20(11-9-18)19-5-2-1-3-6-19/h1-3,5-6,8-15,17H,4,7,16H2,(H,28,34)(H,29,30,31,32)/b23-17-. The Bertz CT molecular complexity index is 1440. The van der Waals surface area contributed by atoms with E-state index in [9.17, 15) is 14.4 Å². The van der Waals surface area contributed by atoms with Crippen molar-refractivity contribution in [3.63, 3.8) is 0 Å². The normalized spacial score (nSPS) is 14.4. The molecule has 1 aliphatic heterocycles. The molecule has 2 N–H and O–H groups in total. The number of amides is 3. The lowest BCUT2D eigenvalue weighted by Gasteiger charge is -2.12. The van der Waals surface area contributed by atoms with Gasteiger partial charge in [0, 0.05) is 24.2 Å². The van der Waals surface area contributed by atoms with Gasteiger partial charge < -0.3 is 5.32 Å². The van der Waals surface area contributed by atoms with Gasteiger partial charge in [0.1, 0.15) is 0 Å². The summed E-state index contributed by atoms with van der Waals surface area (Å²) in [5.74, 6) is -0.0683. The maximum absolute atomic E-state index is 12.8. The van der Waals surface area contributed by atoms with Crippen LogP contribution < -0.4 is 5.32 Å². The predicted molar refractivity (Wildman–Crippen MR) is 142 cm³/mol. The molecular weight excluding hydrogens is 488 g/mol. The number of aromatic nitrogens is 4. The van der Waals surface area contributed by atoms with E-state index in [0.717, 1.165) is 34.0 Å². The molecule has 4 aromatic rings. The van der Waals surface area contributed by atoms with Gasteiger partial charge in [-0.1, -0.05) is 54.6 Å². The smallest absolute Gasteiger partial charge is 0.293 e. The summed E-state index contributed by atoms with van der Waals surface area (Å²) < 4.78 is 0. The number of rotatable bonds is 8. The van der Waals surface area contributed by atoms with Crippen LogP contribution >= 0.6 is 11.8 Å². The van der Waals surface area contributed by atoms with Crippen LogP contribution in [0.3, 0.4) is 0 Å². The summed E-state index contributed by atoms with van der Waals surface area (Å²) in [5.41, 5.74) is 4.43. The lowest BCUT2D eigenvalue weighted by molar-refractivity contribution is -0.123. The molecule has 0 unspecified atom stereocenters. The molecule has 0 aliphatic carbocycles. The first-order chi connectivity index (χ1) is 18.1. The lowest BCUT2D eigenvalue weighted by Crippen LogP contribution is -2.29. The van der Waals surface area contributed by atoms with Gasteiger partial charge in [-0.2, -0.15) is 5.21 Å². The van der Waals surface area contributed by atoms with Gasteiger partial charge in [-0.05, 0) is 70.4 Å². The minimum atomic E-state index is -0.334. The van der Waals surface area contributed by atoms with Crippen LogP contribution in [0.1, 0.15) is 18.4 Å². The van der Waals surface area contributed by atoms with Crippen molar-refractivity contribution in [3.05, 3.63) is 89.3 Å².